The van der Waals surface area contributed by atoms with Gasteiger partial charge in [-0.05, 0) is 23.3 Å². The highest BCUT2D eigenvalue weighted by Gasteiger charge is 2.13. The van der Waals surface area contributed by atoms with Gasteiger partial charge in [0.05, 0.1) is 18.4 Å². The number of rotatable bonds is 3. The molecule has 4 rings (SSSR count). The van der Waals surface area contributed by atoms with E-state index < -0.39 is 0 Å². The van der Waals surface area contributed by atoms with E-state index in [2.05, 4.69) is 4.98 Å². The van der Waals surface area contributed by atoms with Gasteiger partial charge < -0.3 is 0 Å². The molecule has 0 fully saturated rings. The third kappa shape index (κ3) is 2.63. The molecule has 0 aliphatic carbocycles. The Morgan fingerprint density at radius 2 is 1.92 bits per heavy atom. The van der Waals surface area contributed by atoms with Crippen LogP contribution in [0.1, 0.15) is 5.56 Å². The minimum atomic E-state index is -0.302. The first-order valence-electron chi connectivity index (χ1n) is 7.49. The van der Waals surface area contributed by atoms with Crippen LogP contribution < -0.4 is 5.56 Å². The Morgan fingerprint density at radius 1 is 1.08 bits per heavy atom. The van der Waals surface area contributed by atoms with Gasteiger partial charge in [-0.1, -0.05) is 42.5 Å². The number of thiophene rings is 1. The molecule has 2 heterocycles. The van der Waals surface area contributed by atoms with Gasteiger partial charge in [-0.3, -0.25) is 9.36 Å². The second kappa shape index (κ2) is 6.02. The van der Waals surface area contributed by atoms with Gasteiger partial charge in [0.1, 0.15) is 10.5 Å². The van der Waals surface area contributed by atoms with E-state index in [1.807, 2.05) is 41.8 Å². The first-order valence-corrected chi connectivity index (χ1v) is 8.37. The van der Waals surface area contributed by atoms with Crippen LogP contribution in [0, 0.1) is 5.82 Å². The summed E-state index contributed by atoms with van der Waals surface area (Å²) in [6.45, 7) is 0.482. The number of halogens is 1. The highest BCUT2D eigenvalue weighted by molar-refractivity contribution is 7.17. The smallest absolute Gasteiger partial charge is 0.271 e. The number of benzene rings is 2. The van der Waals surface area contributed by atoms with E-state index in [0.717, 1.165) is 16.7 Å². The second-order valence-electron chi connectivity index (χ2n) is 5.50. The molecule has 0 amide bonds. The Kier molecular flexibility index (Phi) is 3.70. The van der Waals surface area contributed by atoms with Gasteiger partial charge in [0.25, 0.3) is 5.56 Å². The Bertz CT molecular complexity index is 1070. The zero-order chi connectivity index (χ0) is 16.5. The normalized spacial score (nSPS) is 11.0. The summed E-state index contributed by atoms with van der Waals surface area (Å²) >= 11 is 1.35. The molecule has 0 radical (unpaired) electrons. The van der Waals surface area contributed by atoms with Crippen LogP contribution in [0.25, 0.3) is 21.3 Å². The van der Waals surface area contributed by atoms with Crippen molar-refractivity contribution in [2.75, 3.05) is 0 Å². The van der Waals surface area contributed by atoms with Crippen LogP contribution in [0.15, 0.2) is 71.1 Å². The molecule has 118 valence electrons. The molecule has 0 unspecified atom stereocenters. The predicted octanol–water partition coefficient (Wildman–Crippen LogP) is 4.31. The quantitative estimate of drug-likeness (QED) is 0.559. The lowest BCUT2D eigenvalue weighted by Crippen LogP contribution is -2.20. The fraction of sp³-hybridized carbons (Fsp3) is 0.0526. The van der Waals surface area contributed by atoms with Crippen molar-refractivity contribution in [1.29, 1.82) is 0 Å². The van der Waals surface area contributed by atoms with Gasteiger partial charge in [0.15, 0.2) is 0 Å². The fourth-order valence-corrected chi connectivity index (χ4v) is 3.67. The van der Waals surface area contributed by atoms with Crippen LogP contribution in [0.3, 0.4) is 0 Å². The van der Waals surface area contributed by atoms with Crippen LogP contribution in [0.4, 0.5) is 4.39 Å². The van der Waals surface area contributed by atoms with Crippen molar-refractivity contribution in [3.63, 3.8) is 0 Å². The van der Waals surface area contributed by atoms with Crippen molar-refractivity contribution in [3.05, 3.63) is 88.0 Å². The van der Waals surface area contributed by atoms with Crippen LogP contribution in [-0.4, -0.2) is 9.55 Å². The van der Waals surface area contributed by atoms with Crippen LogP contribution in [0.5, 0.6) is 0 Å². The zero-order valence-electron chi connectivity index (χ0n) is 12.6. The summed E-state index contributed by atoms with van der Waals surface area (Å²) in [5, 5.41) is 1.86. The van der Waals surface area contributed by atoms with Gasteiger partial charge in [0, 0.05) is 10.9 Å². The van der Waals surface area contributed by atoms with Gasteiger partial charge in [-0.2, -0.15) is 0 Å². The van der Waals surface area contributed by atoms with Crippen LogP contribution in [0.2, 0.25) is 0 Å². The lowest BCUT2D eigenvalue weighted by atomic mass is 10.1. The molecule has 0 saturated heterocycles. The molecule has 3 nitrogen and oxygen atoms in total. The van der Waals surface area contributed by atoms with Gasteiger partial charge >= 0.3 is 0 Å². The molecule has 2 aromatic heterocycles. The standard InChI is InChI=1S/C19H13FN2OS/c20-15-8-4-7-14(9-15)16-11-24-18-17(16)21-12-22(19(18)23)10-13-5-2-1-3-6-13/h1-9,11-12H,10H2. The summed E-state index contributed by atoms with van der Waals surface area (Å²) in [6, 6.07) is 16.1. The highest BCUT2D eigenvalue weighted by atomic mass is 32.1. The van der Waals surface area contributed by atoms with E-state index in [9.17, 15) is 9.18 Å². The number of fused-ring (bicyclic) bond motifs is 1. The average molecular weight is 336 g/mol. The lowest BCUT2D eigenvalue weighted by molar-refractivity contribution is 0.628. The third-order valence-electron chi connectivity index (χ3n) is 3.88. The monoisotopic (exact) mass is 336 g/mol. The molecule has 0 spiro atoms. The molecule has 2 aromatic carbocycles. The third-order valence-corrected chi connectivity index (χ3v) is 4.83. The number of hydrogen-bond donors (Lipinski definition) is 0. The Hall–Kier alpha value is -2.79. The van der Waals surface area contributed by atoms with E-state index in [1.54, 1.807) is 17.0 Å². The van der Waals surface area contributed by atoms with E-state index >= 15 is 0 Å². The summed E-state index contributed by atoms with van der Waals surface area (Å²) in [5.74, 6) is -0.302. The predicted molar refractivity (Wildman–Crippen MR) is 94.8 cm³/mol. The maximum atomic E-state index is 13.5. The Labute approximate surface area is 141 Å². The summed E-state index contributed by atoms with van der Waals surface area (Å²) in [6.07, 6.45) is 1.56. The number of hydrogen-bond acceptors (Lipinski definition) is 3. The molecule has 0 bridgehead atoms. The average Bonchev–Trinajstić information content (AvgIpc) is 3.03. The maximum Gasteiger partial charge on any atom is 0.271 e. The van der Waals surface area contributed by atoms with Crippen LogP contribution >= 0.6 is 11.3 Å². The molecule has 0 atom stereocenters. The molecule has 24 heavy (non-hydrogen) atoms. The van der Waals surface area contributed by atoms with Crippen molar-refractivity contribution >= 4 is 21.6 Å². The molecular formula is C19H13FN2OS. The molecule has 0 aliphatic rings. The second-order valence-corrected chi connectivity index (χ2v) is 6.38. The Morgan fingerprint density at radius 3 is 2.71 bits per heavy atom. The fourth-order valence-electron chi connectivity index (χ4n) is 2.70. The van der Waals surface area contributed by atoms with E-state index in [-0.39, 0.29) is 11.4 Å². The highest BCUT2D eigenvalue weighted by Crippen LogP contribution is 2.30. The van der Waals surface area contributed by atoms with Gasteiger partial charge in [-0.25, -0.2) is 9.37 Å². The SMILES string of the molecule is O=c1c2scc(-c3cccc(F)c3)c2ncn1Cc1ccccc1. The zero-order valence-corrected chi connectivity index (χ0v) is 13.5. The molecule has 0 saturated carbocycles. The molecule has 0 N–H and O–H groups in total. The molecular weight excluding hydrogens is 323 g/mol. The molecule has 5 heteroatoms. The topological polar surface area (TPSA) is 34.9 Å². The largest absolute Gasteiger partial charge is 0.294 e. The molecule has 4 aromatic rings. The minimum Gasteiger partial charge on any atom is -0.294 e. The van der Waals surface area contributed by atoms with Crippen molar-refractivity contribution < 1.29 is 4.39 Å². The van der Waals surface area contributed by atoms with Gasteiger partial charge in [0.2, 0.25) is 0 Å². The van der Waals surface area contributed by atoms with E-state index in [4.69, 9.17) is 0 Å². The number of nitrogens with zero attached hydrogens (tertiary/aromatic N) is 2. The summed E-state index contributed by atoms with van der Waals surface area (Å²) in [7, 11) is 0. The first-order chi connectivity index (χ1) is 11.7. The van der Waals surface area contributed by atoms with Crippen molar-refractivity contribution in [1.82, 2.24) is 9.55 Å². The Balaban J connectivity index is 1.80. The first kappa shape index (κ1) is 14.8. The summed E-state index contributed by atoms with van der Waals surface area (Å²) < 4.78 is 15.7. The van der Waals surface area contributed by atoms with Crippen molar-refractivity contribution in [2.45, 2.75) is 6.54 Å². The minimum absolute atomic E-state index is 0.0727. The maximum absolute atomic E-state index is 13.5. The van der Waals surface area contributed by atoms with E-state index in [1.165, 1.54) is 23.5 Å². The van der Waals surface area contributed by atoms with Crippen LogP contribution in [-0.2, 0) is 6.54 Å². The summed E-state index contributed by atoms with van der Waals surface area (Å²) in [5.41, 5.74) is 3.12. The lowest BCUT2D eigenvalue weighted by Gasteiger charge is -2.06. The molecule has 0 aliphatic heterocycles. The van der Waals surface area contributed by atoms with Crippen molar-refractivity contribution in [2.24, 2.45) is 0 Å². The summed E-state index contributed by atoms with van der Waals surface area (Å²) in [4.78, 5) is 17.2. The van der Waals surface area contributed by atoms with Crippen molar-refractivity contribution in [3.8, 4) is 11.1 Å². The van der Waals surface area contributed by atoms with E-state index in [0.29, 0.717) is 16.8 Å². The number of aromatic nitrogens is 2. The van der Waals surface area contributed by atoms with Gasteiger partial charge in [-0.15, -0.1) is 11.3 Å².